The van der Waals surface area contributed by atoms with Crippen LogP contribution in [0.1, 0.15) is 48.0 Å². The molecule has 21 heavy (non-hydrogen) atoms. The number of esters is 1. The minimum Gasteiger partial charge on any atom is -0.459 e. The van der Waals surface area contributed by atoms with E-state index in [1.54, 1.807) is 41.5 Å². The predicted molar refractivity (Wildman–Crippen MR) is 76.8 cm³/mol. The van der Waals surface area contributed by atoms with Gasteiger partial charge in [0.25, 0.3) is 0 Å². The van der Waals surface area contributed by atoms with Gasteiger partial charge in [-0.15, -0.1) is 0 Å². The number of amides is 1. The average molecular weight is 299 g/mol. The Balaban J connectivity index is 2.79. The standard InChI is InChI=1S/C15H25NO5/c1-13(2,3)20-11(18)15(10-17)7-8-16(9-15)12(19)21-14(4,5)6/h10H,7-9H2,1-6H3/t15-/m1/s1. The van der Waals surface area contributed by atoms with Gasteiger partial charge in [0.05, 0.1) is 0 Å². The number of rotatable bonds is 2. The van der Waals surface area contributed by atoms with Crippen LogP contribution in [0.4, 0.5) is 4.79 Å². The van der Waals surface area contributed by atoms with Crippen molar-refractivity contribution in [1.82, 2.24) is 4.90 Å². The molecule has 1 atom stereocenters. The maximum absolute atomic E-state index is 12.2. The van der Waals surface area contributed by atoms with E-state index in [2.05, 4.69) is 0 Å². The molecule has 1 aliphatic rings. The monoisotopic (exact) mass is 299 g/mol. The Labute approximate surface area is 125 Å². The fourth-order valence-corrected chi connectivity index (χ4v) is 2.01. The first kappa shape index (κ1) is 17.5. The summed E-state index contributed by atoms with van der Waals surface area (Å²) in [4.78, 5) is 37.1. The molecule has 0 unspecified atom stereocenters. The van der Waals surface area contributed by atoms with Gasteiger partial charge in [-0.1, -0.05) is 0 Å². The third-order valence-electron chi connectivity index (χ3n) is 2.98. The Morgan fingerprint density at radius 3 is 2.00 bits per heavy atom. The number of aldehydes is 1. The van der Waals surface area contributed by atoms with Crippen molar-refractivity contribution in [3.05, 3.63) is 0 Å². The molecule has 1 amide bonds. The van der Waals surface area contributed by atoms with Crippen LogP contribution >= 0.6 is 0 Å². The molecule has 0 aromatic heterocycles. The molecule has 0 spiro atoms. The fourth-order valence-electron chi connectivity index (χ4n) is 2.01. The molecule has 1 heterocycles. The van der Waals surface area contributed by atoms with Crippen molar-refractivity contribution in [3.8, 4) is 0 Å². The van der Waals surface area contributed by atoms with Crippen molar-refractivity contribution in [3.63, 3.8) is 0 Å². The summed E-state index contributed by atoms with van der Waals surface area (Å²) in [6.07, 6.45) is 0.325. The average Bonchev–Trinajstić information content (AvgIpc) is 2.69. The van der Waals surface area contributed by atoms with E-state index in [0.717, 1.165) is 0 Å². The van der Waals surface area contributed by atoms with Crippen LogP contribution < -0.4 is 0 Å². The van der Waals surface area contributed by atoms with Crippen molar-refractivity contribution < 1.29 is 23.9 Å². The molecule has 0 radical (unpaired) electrons. The lowest BCUT2D eigenvalue weighted by Gasteiger charge is -2.28. The number of nitrogens with zero attached hydrogens (tertiary/aromatic N) is 1. The van der Waals surface area contributed by atoms with Crippen LogP contribution in [0, 0.1) is 5.41 Å². The molecule has 1 rings (SSSR count). The number of ether oxygens (including phenoxy) is 2. The quantitative estimate of drug-likeness (QED) is 0.444. The van der Waals surface area contributed by atoms with Gasteiger partial charge in [0, 0.05) is 13.1 Å². The first-order valence-corrected chi connectivity index (χ1v) is 7.06. The molecular formula is C15H25NO5. The summed E-state index contributed by atoms with van der Waals surface area (Å²) in [5.41, 5.74) is -2.58. The normalized spacial score (nSPS) is 22.9. The van der Waals surface area contributed by atoms with E-state index in [1.165, 1.54) is 4.90 Å². The maximum atomic E-state index is 12.2. The highest BCUT2D eigenvalue weighted by molar-refractivity contribution is 5.95. The zero-order valence-electron chi connectivity index (χ0n) is 13.7. The molecule has 0 bridgehead atoms. The lowest BCUT2D eigenvalue weighted by Crippen LogP contribution is -2.43. The summed E-state index contributed by atoms with van der Waals surface area (Å²) in [5.74, 6) is -0.587. The Morgan fingerprint density at radius 1 is 1.05 bits per heavy atom. The van der Waals surface area contributed by atoms with E-state index < -0.39 is 28.7 Å². The molecular weight excluding hydrogens is 274 g/mol. The first-order valence-electron chi connectivity index (χ1n) is 7.06. The van der Waals surface area contributed by atoms with Crippen LogP contribution in [0.2, 0.25) is 0 Å². The summed E-state index contributed by atoms with van der Waals surface area (Å²) in [5, 5.41) is 0. The second-order valence-corrected chi connectivity index (χ2v) is 7.43. The number of carbonyl (C=O) groups is 3. The lowest BCUT2D eigenvalue weighted by molar-refractivity contribution is -0.167. The van der Waals surface area contributed by atoms with Gasteiger partial charge in [-0.2, -0.15) is 0 Å². The summed E-state index contributed by atoms with van der Waals surface area (Å²) < 4.78 is 10.6. The Bertz CT molecular complexity index is 432. The van der Waals surface area contributed by atoms with E-state index in [-0.39, 0.29) is 13.0 Å². The third-order valence-corrected chi connectivity index (χ3v) is 2.98. The van der Waals surface area contributed by atoms with Crippen molar-refractivity contribution in [1.29, 1.82) is 0 Å². The highest BCUT2D eigenvalue weighted by Gasteiger charge is 2.49. The fraction of sp³-hybridized carbons (Fsp3) is 0.800. The highest BCUT2D eigenvalue weighted by atomic mass is 16.6. The molecule has 1 fully saturated rings. The zero-order valence-corrected chi connectivity index (χ0v) is 13.7. The number of carbonyl (C=O) groups excluding carboxylic acids is 3. The molecule has 0 aromatic rings. The highest BCUT2D eigenvalue weighted by Crippen LogP contribution is 2.32. The predicted octanol–water partition coefficient (Wildman–Crippen LogP) is 2.15. The number of hydrogen-bond donors (Lipinski definition) is 0. The Hall–Kier alpha value is -1.59. The van der Waals surface area contributed by atoms with Gasteiger partial charge in [0.1, 0.15) is 22.9 Å². The van der Waals surface area contributed by atoms with Crippen LogP contribution in [-0.2, 0) is 19.1 Å². The largest absolute Gasteiger partial charge is 0.459 e. The molecule has 0 aliphatic carbocycles. The summed E-state index contributed by atoms with van der Waals surface area (Å²) in [6.45, 7) is 10.8. The number of likely N-dealkylation sites (tertiary alicyclic amines) is 1. The smallest absolute Gasteiger partial charge is 0.410 e. The van der Waals surface area contributed by atoms with Crippen LogP contribution in [0.25, 0.3) is 0 Å². The van der Waals surface area contributed by atoms with Gasteiger partial charge in [-0.3, -0.25) is 4.79 Å². The Morgan fingerprint density at radius 2 is 1.57 bits per heavy atom. The second-order valence-electron chi connectivity index (χ2n) is 7.43. The van der Waals surface area contributed by atoms with Crippen LogP contribution in [-0.4, -0.2) is 47.5 Å². The zero-order chi connectivity index (χ0) is 16.5. The van der Waals surface area contributed by atoms with E-state index in [0.29, 0.717) is 12.8 Å². The summed E-state index contributed by atoms with van der Waals surface area (Å²) in [7, 11) is 0. The summed E-state index contributed by atoms with van der Waals surface area (Å²) >= 11 is 0. The molecule has 6 nitrogen and oxygen atoms in total. The van der Waals surface area contributed by atoms with Gasteiger partial charge in [0.15, 0.2) is 0 Å². The second kappa shape index (κ2) is 5.66. The molecule has 0 N–H and O–H groups in total. The molecule has 0 aromatic carbocycles. The van der Waals surface area contributed by atoms with E-state index in [4.69, 9.17) is 9.47 Å². The minimum atomic E-state index is -1.29. The first-order chi connectivity index (χ1) is 9.38. The molecule has 120 valence electrons. The van der Waals surface area contributed by atoms with E-state index >= 15 is 0 Å². The maximum Gasteiger partial charge on any atom is 0.410 e. The van der Waals surface area contributed by atoms with Gasteiger partial charge in [0.2, 0.25) is 0 Å². The van der Waals surface area contributed by atoms with Gasteiger partial charge in [-0.05, 0) is 48.0 Å². The number of hydrogen-bond acceptors (Lipinski definition) is 5. The minimum absolute atomic E-state index is 0.000324. The van der Waals surface area contributed by atoms with Crippen LogP contribution in [0.15, 0.2) is 0 Å². The van der Waals surface area contributed by atoms with Gasteiger partial charge in [-0.25, -0.2) is 4.79 Å². The van der Waals surface area contributed by atoms with Gasteiger partial charge >= 0.3 is 12.1 Å². The van der Waals surface area contributed by atoms with Crippen molar-refractivity contribution in [2.75, 3.05) is 13.1 Å². The van der Waals surface area contributed by atoms with E-state index in [1.807, 2.05) is 0 Å². The molecule has 1 aliphatic heterocycles. The Kier molecular flexibility index (Phi) is 4.70. The van der Waals surface area contributed by atoms with Crippen molar-refractivity contribution >= 4 is 18.3 Å². The SMILES string of the molecule is CC(C)(C)OC(=O)N1CC[C@@](C=O)(C(=O)OC(C)(C)C)C1. The van der Waals surface area contributed by atoms with Crippen LogP contribution in [0.5, 0.6) is 0 Å². The topological polar surface area (TPSA) is 72.9 Å². The van der Waals surface area contributed by atoms with Gasteiger partial charge < -0.3 is 19.2 Å². The van der Waals surface area contributed by atoms with E-state index in [9.17, 15) is 14.4 Å². The lowest BCUT2D eigenvalue weighted by atomic mass is 9.89. The summed E-state index contributed by atoms with van der Waals surface area (Å²) in [6, 6.07) is 0. The van der Waals surface area contributed by atoms with Crippen LogP contribution in [0.3, 0.4) is 0 Å². The molecule has 0 saturated carbocycles. The third kappa shape index (κ3) is 4.72. The molecule has 1 saturated heterocycles. The molecule has 6 heteroatoms. The van der Waals surface area contributed by atoms with Crippen molar-refractivity contribution in [2.24, 2.45) is 5.41 Å². The van der Waals surface area contributed by atoms with Crippen molar-refractivity contribution in [2.45, 2.75) is 59.2 Å².